The van der Waals surface area contributed by atoms with Gasteiger partial charge in [0.2, 0.25) is 0 Å². The third kappa shape index (κ3) is 4.20. The summed E-state index contributed by atoms with van der Waals surface area (Å²) in [6.07, 6.45) is 0. The van der Waals surface area contributed by atoms with Crippen LogP contribution in [0, 0.1) is 6.92 Å². The number of anilines is 1. The first-order valence-electron chi connectivity index (χ1n) is 8.30. The molecule has 0 aliphatic rings. The smallest absolute Gasteiger partial charge is 0.336 e. The van der Waals surface area contributed by atoms with Crippen molar-refractivity contribution >= 4 is 34.2 Å². The van der Waals surface area contributed by atoms with Gasteiger partial charge in [0.25, 0.3) is 5.91 Å². The Morgan fingerprint density at radius 3 is 2.54 bits per heavy atom. The number of ether oxygens (including phenoxy) is 3. The molecule has 0 spiro atoms. The maximum atomic E-state index is 12.2. The van der Waals surface area contributed by atoms with Crippen LogP contribution in [0.2, 0.25) is 5.02 Å². The molecule has 0 bridgehead atoms. The predicted molar refractivity (Wildman–Crippen MR) is 106 cm³/mol. The van der Waals surface area contributed by atoms with E-state index in [1.165, 1.54) is 26.4 Å². The molecule has 3 aromatic rings. The minimum absolute atomic E-state index is 0.241. The molecule has 0 aliphatic heterocycles. The summed E-state index contributed by atoms with van der Waals surface area (Å²) in [7, 11) is 3.04. The van der Waals surface area contributed by atoms with Crippen molar-refractivity contribution in [1.29, 1.82) is 0 Å². The van der Waals surface area contributed by atoms with Gasteiger partial charge in [-0.05, 0) is 30.7 Å². The summed E-state index contributed by atoms with van der Waals surface area (Å²) < 4.78 is 21.0. The lowest BCUT2D eigenvalue weighted by Crippen LogP contribution is -2.20. The number of amides is 1. The molecule has 0 fully saturated rings. The van der Waals surface area contributed by atoms with Gasteiger partial charge < -0.3 is 23.9 Å². The third-order valence-corrected chi connectivity index (χ3v) is 4.33. The van der Waals surface area contributed by atoms with Crippen LogP contribution < -0.4 is 25.2 Å². The second-order valence-corrected chi connectivity index (χ2v) is 6.34. The van der Waals surface area contributed by atoms with Gasteiger partial charge in [-0.15, -0.1) is 0 Å². The van der Waals surface area contributed by atoms with E-state index in [0.717, 1.165) is 5.56 Å². The molecule has 0 radical (unpaired) electrons. The fourth-order valence-corrected chi connectivity index (χ4v) is 2.90. The topological polar surface area (TPSA) is 87.0 Å². The van der Waals surface area contributed by atoms with Crippen LogP contribution in [-0.4, -0.2) is 26.7 Å². The van der Waals surface area contributed by atoms with Crippen LogP contribution in [0.15, 0.2) is 45.6 Å². The van der Waals surface area contributed by atoms with E-state index in [4.69, 9.17) is 30.2 Å². The van der Waals surface area contributed by atoms with Gasteiger partial charge in [0.05, 0.1) is 19.2 Å². The summed E-state index contributed by atoms with van der Waals surface area (Å²) >= 11 is 6.22. The molecule has 28 heavy (non-hydrogen) atoms. The lowest BCUT2D eigenvalue weighted by Gasteiger charge is -2.12. The Hall–Kier alpha value is -3.19. The number of hydrogen-bond acceptors (Lipinski definition) is 6. The molecule has 8 heteroatoms. The zero-order valence-electron chi connectivity index (χ0n) is 15.5. The van der Waals surface area contributed by atoms with Crippen molar-refractivity contribution in [1.82, 2.24) is 0 Å². The number of halogens is 1. The third-order valence-electron chi connectivity index (χ3n) is 4.03. The largest absolute Gasteiger partial charge is 0.493 e. The van der Waals surface area contributed by atoms with Gasteiger partial charge in [-0.3, -0.25) is 4.79 Å². The van der Waals surface area contributed by atoms with Gasteiger partial charge in [-0.2, -0.15) is 0 Å². The van der Waals surface area contributed by atoms with Crippen LogP contribution in [0.1, 0.15) is 5.56 Å². The summed E-state index contributed by atoms with van der Waals surface area (Å²) in [5.41, 5.74) is 1.14. The van der Waals surface area contributed by atoms with Crippen LogP contribution in [0.4, 0.5) is 5.69 Å². The number of carbonyl (C=O) groups excluding carboxylic acids is 1. The molecule has 2 aromatic carbocycles. The van der Waals surface area contributed by atoms with E-state index in [9.17, 15) is 9.59 Å². The van der Waals surface area contributed by atoms with Crippen LogP contribution in [0.25, 0.3) is 11.0 Å². The van der Waals surface area contributed by atoms with Crippen molar-refractivity contribution in [3.8, 4) is 17.2 Å². The molecule has 146 valence electrons. The number of rotatable bonds is 6. The summed E-state index contributed by atoms with van der Waals surface area (Å²) in [6.45, 7) is 1.50. The zero-order chi connectivity index (χ0) is 20.3. The quantitative estimate of drug-likeness (QED) is 0.630. The Morgan fingerprint density at radius 1 is 1.07 bits per heavy atom. The van der Waals surface area contributed by atoms with E-state index in [1.807, 2.05) is 0 Å². The Kier molecular flexibility index (Phi) is 5.75. The Balaban J connectivity index is 1.72. The van der Waals surface area contributed by atoms with Gasteiger partial charge in [0, 0.05) is 29.3 Å². The van der Waals surface area contributed by atoms with E-state index in [-0.39, 0.29) is 12.4 Å². The highest BCUT2D eigenvalue weighted by Crippen LogP contribution is 2.31. The monoisotopic (exact) mass is 403 g/mol. The fraction of sp³-hybridized carbons (Fsp3) is 0.200. The van der Waals surface area contributed by atoms with Crippen molar-refractivity contribution in [3.63, 3.8) is 0 Å². The summed E-state index contributed by atoms with van der Waals surface area (Å²) in [4.78, 5) is 23.7. The minimum Gasteiger partial charge on any atom is -0.493 e. The number of hydrogen-bond donors (Lipinski definition) is 1. The second kappa shape index (κ2) is 8.22. The molecule has 0 saturated heterocycles. The van der Waals surface area contributed by atoms with Crippen molar-refractivity contribution in [2.45, 2.75) is 6.92 Å². The van der Waals surface area contributed by atoms with Crippen molar-refractivity contribution in [2.24, 2.45) is 0 Å². The average molecular weight is 404 g/mol. The molecule has 0 saturated carbocycles. The van der Waals surface area contributed by atoms with Gasteiger partial charge in [-0.25, -0.2) is 4.79 Å². The summed E-state index contributed by atoms with van der Waals surface area (Å²) in [5.74, 6) is 0.889. The van der Waals surface area contributed by atoms with Gasteiger partial charge in [0.1, 0.15) is 11.3 Å². The molecule has 1 amide bonds. The van der Waals surface area contributed by atoms with Gasteiger partial charge >= 0.3 is 5.63 Å². The molecule has 1 heterocycles. The van der Waals surface area contributed by atoms with Crippen molar-refractivity contribution < 1.29 is 23.4 Å². The molecule has 0 aliphatic carbocycles. The lowest BCUT2D eigenvalue weighted by atomic mass is 10.1. The molecule has 0 unspecified atom stereocenters. The van der Waals surface area contributed by atoms with Crippen LogP contribution >= 0.6 is 11.6 Å². The molecule has 3 rings (SSSR count). The van der Waals surface area contributed by atoms with Crippen molar-refractivity contribution in [2.75, 3.05) is 26.1 Å². The number of methoxy groups -OCH3 is 2. The second-order valence-electron chi connectivity index (χ2n) is 5.93. The number of benzene rings is 2. The first kappa shape index (κ1) is 19.6. The highest BCUT2D eigenvalue weighted by molar-refractivity contribution is 6.32. The van der Waals surface area contributed by atoms with E-state index in [0.29, 0.717) is 33.2 Å². The molecular formula is C20H18ClNO6. The number of nitrogens with one attached hydrogen (secondary N) is 1. The fourth-order valence-electron chi connectivity index (χ4n) is 2.68. The molecule has 1 aromatic heterocycles. The maximum absolute atomic E-state index is 12.2. The van der Waals surface area contributed by atoms with E-state index >= 15 is 0 Å². The van der Waals surface area contributed by atoms with E-state index < -0.39 is 11.5 Å². The molecular weight excluding hydrogens is 386 g/mol. The number of carbonyl (C=O) groups is 1. The highest BCUT2D eigenvalue weighted by Gasteiger charge is 2.12. The average Bonchev–Trinajstić information content (AvgIpc) is 2.67. The normalized spacial score (nSPS) is 10.6. The molecule has 1 N–H and O–H groups in total. The SMILES string of the molecule is COc1ccc(NC(=O)COc2cc3oc(=O)cc(C)c3cc2Cl)cc1OC. The van der Waals surface area contributed by atoms with Crippen LogP contribution in [0.3, 0.4) is 0 Å². The van der Waals surface area contributed by atoms with Gasteiger partial charge in [-0.1, -0.05) is 11.6 Å². The Bertz CT molecular complexity index is 1090. The highest BCUT2D eigenvalue weighted by atomic mass is 35.5. The minimum atomic E-state index is -0.468. The van der Waals surface area contributed by atoms with Crippen molar-refractivity contribution in [3.05, 3.63) is 57.4 Å². The maximum Gasteiger partial charge on any atom is 0.336 e. The zero-order valence-corrected chi connectivity index (χ0v) is 16.3. The lowest BCUT2D eigenvalue weighted by molar-refractivity contribution is -0.118. The van der Waals surface area contributed by atoms with Crippen LogP contribution in [0.5, 0.6) is 17.2 Å². The number of aryl methyl sites for hydroxylation is 1. The predicted octanol–water partition coefficient (Wildman–Crippen LogP) is 3.79. The Labute approximate surface area is 165 Å². The van der Waals surface area contributed by atoms with E-state index in [1.54, 1.807) is 31.2 Å². The Morgan fingerprint density at radius 2 is 1.82 bits per heavy atom. The standard InChI is InChI=1S/C20H18ClNO6/c1-11-6-20(24)28-16-9-17(14(21)8-13(11)16)27-10-19(23)22-12-4-5-15(25-2)18(7-12)26-3/h4-9H,10H2,1-3H3,(H,22,23). The van der Waals surface area contributed by atoms with Crippen LogP contribution in [-0.2, 0) is 4.79 Å². The first-order valence-corrected chi connectivity index (χ1v) is 8.67. The first-order chi connectivity index (χ1) is 13.4. The number of fused-ring (bicyclic) bond motifs is 1. The molecule has 0 atom stereocenters. The molecule has 7 nitrogen and oxygen atoms in total. The summed E-state index contributed by atoms with van der Waals surface area (Å²) in [5, 5.41) is 3.71. The summed E-state index contributed by atoms with van der Waals surface area (Å²) in [6, 6.07) is 9.51. The van der Waals surface area contributed by atoms with E-state index in [2.05, 4.69) is 5.32 Å². The van der Waals surface area contributed by atoms with Gasteiger partial charge in [0.15, 0.2) is 18.1 Å².